The van der Waals surface area contributed by atoms with Crippen LogP contribution in [0.4, 0.5) is 10.1 Å². The Kier molecular flexibility index (Phi) is 4.83. The predicted octanol–water partition coefficient (Wildman–Crippen LogP) is 3.70. The topological polar surface area (TPSA) is 104 Å². The number of phenols is 1. The number of hydrogen-bond acceptors (Lipinski definition) is 4. The molecule has 3 N–H and O–H groups in total. The van der Waals surface area contributed by atoms with Crippen LogP contribution < -0.4 is 4.72 Å². The molecule has 0 bridgehead atoms. The maximum absolute atomic E-state index is 14.0. The molecular weight excluding hydrogens is 373 g/mol. The number of rotatable bonds is 5. The maximum atomic E-state index is 14.0. The van der Waals surface area contributed by atoms with Gasteiger partial charge in [-0.15, -0.1) is 0 Å². The van der Waals surface area contributed by atoms with Crippen molar-refractivity contribution < 1.29 is 27.8 Å². The van der Waals surface area contributed by atoms with Gasteiger partial charge in [0.05, 0.1) is 10.6 Å². The van der Waals surface area contributed by atoms with Crippen LogP contribution in [0.3, 0.4) is 0 Å². The summed E-state index contributed by atoms with van der Waals surface area (Å²) in [6.07, 6.45) is 0. The van der Waals surface area contributed by atoms with Gasteiger partial charge in [0, 0.05) is 5.56 Å². The van der Waals surface area contributed by atoms with Crippen LogP contribution >= 0.6 is 0 Å². The van der Waals surface area contributed by atoms with E-state index < -0.39 is 33.1 Å². The summed E-state index contributed by atoms with van der Waals surface area (Å²) in [6.45, 7) is 0. The Morgan fingerprint density at radius 3 is 2.37 bits per heavy atom. The fourth-order valence-electron chi connectivity index (χ4n) is 2.53. The number of aromatic hydroxyl groups is 1. The van der Waals surface area contributed by atoms with Crippen molar-refractivity contribution in [2.24, 2.45) is 0 Å². The normalized spacial score (nSPS) is 11.1. The van der Waals surface area contributed by atoms with Gasteiger partial charge in [0.25, 0.3) is 10.0 Å². The number of para-hydroxylation sites is 1. The molecule has 0 saturated carbocycles. The Morgan fingerprint density at radius 2 is 1.67 bits per heavy atom. The Hall–Kier alpha value is -3.39. The van der Waals surface area contributed by atoms with E-state index in [1.807, 2.05) is 0 Å². The molecule has 0 aliphatic rings. The lowest BCUT2D eigenvalue weighted by atomic mass is 10.1. The summed E-state index contributed by atoms with van der Waals surface area (Å²) in [7, 11) is -4.15. The molecule has 3 aromatic carbocycles. The number of carboxylic acid groups (broad SMARTS) is 1. The quantitative estimate of drug-likeness (QED) is 0.579. The lowest BCUT2D eigenvalue weighted by molar-refractivity contribution is 0.0694. The highest BCUT2D eigenvalue weighted by atomic mass is 32.2. The van der Waals surface area contributed by atoms with E-state index in [-0.39, 0.29) is 16.1 Å². The van der Waals surface area contributed by atoms with Gasteiger partial charge in [0.15, 0.2) is 5.75 Å². The third-order valence-electron chi connectivity index (χ3n) is 3.84. The van der Waals surface area contributed by atoms with E-state index in [4.69, 9.17) is 5.11 Å². The molecule has 3 aromatic rings. The third-order valence-corrected chi connectivity index (χ3v) is 5.20. The van der Waals surface area contributed by atoms with E-state index in [0.29, 0.717) is 5.56 Å². The summed E-state index contributed by atoms with van der Waals surface area (Å²) in [6, 6.07) is 15.3. The zero-order chi connectivity index (χ0) is 19.6. The van der Waals surface area contributed by atoms with Crippen LogP contribution in [-0.2, 0) is 10.0 Å². The monoisotopic (exact) mass is 387 g/mol. The van der Waals surface area contributed by atoms with Gasteiger partial charge in [-0.1, -0.05) is 36.4 Å². The van der Waals surface area contributed by atoms with Crippen LogP contribution in [0, 0.1) is 5.82 Å². The summed E-state index contributed by atoms with van der Waals surface area (Å²) in [5, 5.41) is 19.0. The number of benzene rings is 3. The standard InChI is InChI=1S/C19H14FNO5S/c20-16-9-2-1-7-14(16)12-5-3-6-13(11-12)27(25,26)21-17-10-4-8-15(18(17)22)19(23)24/h1-11,21-22H,(H,23,24). The van der Waals surface area contributed by atoms with E-state index in [1.165, 1.54) is 48.5 Å². The minimum absolute atomic E-state index is 0.164. The number of carbonyl (C=O) groups is 1. The highest BCUT2D eigenvalue weighted by molar-refractivity contribution is 7.92. The first-order valence-electron chi connectivity index (χ1n) is 7.72. The number of hydrogen-bond donors (Lipinski definition) is 3. The minimum Gasteiger partial charge on any atom is -0.505 e. The van der Waals surface area contributed by atoms with Crippen LogP contribution in [0.25, 0.3) is 11.1 Å². The second kappa shape index (κ2) is 7.08. The number of carboxylic acids is 1. The molecular formula is C19H14FNO5S. The van der Waals surface area contributed by atoms with E-state index in [0.717, 1.165) is 6.07 Å². The van der Waals surface area contributed by atoms with Crippen LogP contribution in [0.2, 0.25) is 0 Å². The molecule has 0 radical (unpaired) electrons. The van der Waals surface area contributed by atoms with E-state index >= 15 is 0 Å². The molecule has 138 valence electrons. The molecule has 8 heteroatoms. The smallest absolute Gasteiger partial charge is 0.339 e. The van der Waals surface area contributed by atoms with Crippen molar-refractivity contribution in [1.82, 2.24) is 0 Å². The highest BCUT2D eigenvalue weighted by Gasteiger charge is 2.20. The fourth-order valence-corrected chi connectivity index (χ4v) is 3.64. The summed E-state index contributed by atoms with van der Waals surface area (Å²) >= 11 is 0. The molecule has 3 rings (SSSR count). The Balaban J connectivity index is 2.00. The molecule has 0 spiro atoms. The predicted molar refractivity (Wildman–Crippen MR) is 97.7 cm³/mol. The van der Waals surface area contributed by atoms with E-state index in [2.05, 4.69) is 4.72 Å². The summed E-state index contributed by atoms with van der Waals surface area (Å²) < 4.78 is 41.4. The lowest BCUT2D eigenvalue weighted by Gasteiger charge is -2.12. The van der Waals surface area contributed by atoms with Gasteiger partial charge < -0.3 is 10.2 Å². The van der Waals surface area contributed by atoms with E-state index in [1.54, 1.807) is 12.1 Å². The Morgan fingerprint density at radius 1 is 0.963 bits per heavy atom. The average Bonchev–Trinajstić information content (AvgIpc) is 2.63. The number of sulfonamides is 1. The van der Waals surface area contributed by atoms with E-state index in [9.17, 15) is 22.7 Å². The number of halogens is 1. The Bertz CT molecular complexity index is 1130. The van der Waals surface area contributed by atoms with Gasteiger partial charge >= 0.3 is 5.97 Å². The molecule has 0 atom stereocenters. The molecule has 0 aromatic heterocycles. The lowest BCUT2D eigenvalue weighted by Crippen LogP contribution is -2.14. The van der Waals surface area contributed by atoms with Crippen LogP contribution in [0.1, 0.15) is 10.4 Å². The van der Waals surface area contributed by atoms with Gasteiger partial charge in [-0.2, -0.15) is 0 Å². The van der Waals surface area contributed by atoms with Crippen LogP contribution in [-0.4, -0.2) is 24.6 Å². The number of nitrogens with one attached hydrogen (secondary N) is 1. The number of aromatic carboxylic acids is 1. The summed E-state index contributed by atoms with van der Waals surface area (Å²) in [5.74, 6) is -2.58. The molecule has 0 fully saturated rings. The van der Waals surface area contributed by atoms with Crippen molar-refractivity contribution in [2.75, 3.05) is 4.72 Å². The van der Waals surface area contributed by atoms with Crippen molar-refractivity contribution in [2.45, 2.75) is 4.90 Å². The SMILES string of the molecule is O=C(O)c1cccc(NS(=O)(=O)c2cccc(-c3ccccc3F)c2)c1O. The van der Waals surface area contributed by atoms with Crippen molar-refractivity contribution in [3.63, 3.8) is 0 Å². The van der Waals surface area contributed by atoms with Gasteiger partial charge in [-0.3, -0.25) is 4.72 Å². The van der Waals surface area contributed by atoms with Gasteiger partial charge in [-0.25, -0.2) is 17.6 Å². The first-order chi connectivity index (χ1) is 12.8. The molecule has 0 aliphatic carbocycles. The molecule has 0 unspecified atom stereocenters. The zero-order valence-corrected chi connectivity index (χ0v) is 14.6. The molecule has 27 heavy (non-hydrogen) atoms. The third kappa shape index (κ3) is 3.75. The van der Waals surface area contributed by atoms with Gasteiger partial charge in [0.2, 0.25) is 0 Å². The van der Waals surface area contributed by atoms with Crippen LogP contribution in [0.15, 0.2) is 71.6 Å². The first kappa shape index (κ1) is 18.4. The fraction of sp³-hybridized carbons (Fsp3) is 0. The molecule has 6 nitrogen and oxygen atoms in total. The Labute approximate surface area is 154 Å². The average molecular weight is 387 g/mol. The first-order valence-corrected chi connectivity index (χ1v) is 9.21. The van der Waals surface area contributed by atoms with Crippen molar-refractivity contribution in [3.8, 4) is 16.9 Å². The second-order valence-electron chi connectivity index (χ2n) is 5.62. The maximum Gasteiger partial charge on any atom is 0.339 e. The highest BCUT2D eigenvalue weighted by Crippen LogP contribution is 2.31. The molecule has 0 aliphatic heterocycles. The zero-order valence-electron chi connectivity index (χ0n) is 13.8. The second-order valence-corrected chi connectivity index (χ2v) is 7.30. The number of anilines is 1. The minimum atomic E-state index is -4.15. The van der Waals surface area contributed by atoms with Crippen molar-refractivity contribution in [3.05, 3.63) is 78.1 Å². The van der Waals surface area contributed by atoms with Gasteiger partial charge in [-0.05, 0) is 35.9 Å². The summed E-state index contributed by atoms with van der Waals surface area (Å²) in [4.78, 5) is 10.9. The summed E-state index contributed by atoms with van der Waals surface area (Å²) in [5.41, 5.74) is -0.105. The van der Waals surface area contributed by atoms with Crippen molar-refractivity contribution in [1.29, 1.82) is 0 Å². The van der Waals surface area contributed by atoms with Gasteiger partial charge in [0.1, 0.15) is 11.4 Å². The largest absolute Gasteiger partial charge is 0.505 e. The molecule has 0 saturated heterocycles. The molecule has 0 heterocycles. The molecule has 0 amide bonds. The van der Waals surface area contributed by atoms with Crippen molar-refractivity contribution >= 4 is 21.7 Å². The van der Waals surface area contributed by atoms with Crippen LogP contribution in [0.5, 0.6) is 5.75 Å².